The van der Waals surface area contributed by atoms with Crippen LogP contribution in [-0.2, 0) is 6.54 Å². The number of amides is 2. The fraction of sp³-hybridized carbons (Fsp3) is 0.0526. The van der Waals surface area contributed by atoms with Crippen molar-refractivity contribution in [3.63, 3.8) is 0 Å². The Labute approximate surface area is 150 Å². The van der Waals surface area contributed by atoms with Gasteiger partial charge in [0, 0.05) is 11.9 Å². The number of nitrogens with one attached hydrogen (secondary N) is 3. The summed E-state index contributed by atoms with van der Waals surface area (Å²) in [5, 5.41) is 17.3. The SMILES string of the molecule is N#Cc1ccc(NCc2ccc(NC(=O)Nc3ccccc3)cn2)nc1. The Kier molecular flexibility index (Phi) is 5.38. The van der Waals surface area contributed by atoms with Gasteiger partial charge in [0.05, 0.1) is 29.7 Å². The fourth-order valence-electron chi connectivity index (χ4n) is 2.16. The summed E-state index contributed by atoms with van der Waals surface area (Å²) in [5.41, 5.74) is 2.62. The zero-order valence-electron chi connectivity index (χ0n) is 13.8. The van der Waals surface area contributed by atoms with Crippen LogP contribution in [0.25, 0.3) is 0 Å². The molecule has 26 heavy (non-hydrogen) atoms. The van der Waals surface area contributed by atoms with Gasteiger partial charge in [-0.3, -0.25) is 4.98 Å². The van der Waals surface area contributed by atoms with Crippen LogP contribution in [0, 0.1) is 11.3 Å². The Morgan fingerprint density at radius 2 is 1.73 bits per heavy atom. The largest absolute Gasteiger partial charge is 0.364 e. The molecule has 0 spiro atoms. The molecule has 1 aromatic carbocycles. The lowest BCUT2D eigenvalue weighted by atomic mass is 10.3. The van der Waals surface area contributed by atoms with Gasteiger partial charge >= 0.3 is 6.03 Å². The van der Waals surface area contributed by atoms with E-state index < -0.39 is 0 Å². The summed E-state index contributed by atoms with van der Waals surface area (Å²) in [6.07, 6.45) is 3.10. The van der Waals surface area contributed by atoms with Crippen LogP contribution in [0.1, 0.15) is 11.3 Å². The number of aromatic nitrogens is 2. The number of rotatable bonds is 5. The first-order chi connectivity index (χ1) is 12.7. The average molecular weight is 344 g/mol. The van der Waals surface area contributed by atoms with Gasteiger partial charge in [-0.2, -0.15) is 5.26 Å². The van der Waals surface area contributed by atoms with Crippen molar-refractivity contribution in [1.29, 1.82) is 5.26 Å². The summed E-state index contributed by atoms with van der Waals surface area (Å²) in [6.45, 7) is 0.482. The number of carbonyl (C=O) groups is 1. The van der Waals surface area contributed by atoms with Crippen molar-refractivity contribution in [1.82, 2.24) is 9.97 Å². The van der Waals surface area contributed by atoms with E-state index in [1.54, 1.807) is 24.4 Å². The predicted molar refractivity (Wildman–Crippen MR) is 99.6 cm³/mol. The van der Waals surface area contributed by atoms with E-state index in [2.05, 4.69) is 25.9 Å². The van der Waals surface area contributed by atoms with E-state index in [9.17, 15) is 4.79 Å². The molecule has 3 aromatic rings. The van der Waals surface area contributed by atoms with Gasteiger partial charge in [0.2, 0.25) is 0 Å². The summed E-state index contributed by atoms with van der Waals surface area (Å²) < 4.78 is 0. The molecule has 7 nitrogen and oxygen atoms in total. The molecule has 2 amide bonds. The molecule has 0 bridgehead atoms. The number of nitriles is 1. The second-order valence-electron chi connectivity index (χ2n) is 5.38. The molecule has 0 saturated heterocycles. The molecule has 3 rings (SSSR count). The second kappa shape index (κ2) is 8.26. The Morgan fingerprint density at radius 3 is 2.38 bits per heavy atom. The topological polar surface area (TPSA) is 103 Å². The second-order valence-corrected chi connectivity index (χ2v) is 5.38. The van der Waals surface area contributed by atoms with Gasteiger partial charge in [0.25, 0.3) is 0 Å². The predicted octanol–water partition coefficient (Wildman–Crippen LogP) is 3.60. The molecule has 3 N–H and O–H groups in total. The van der Waals surface area contributed by atoms with Gasteiger partial charge in [-0.25, -0.2) is 9.78 Å². The molecule has 7 heteroatoms. The number of hydrogen-bond acceptors (Lipinski definition) is 5. The van der Waals surface area contributed by atoms with Gasteiger partial charge < -0.3 is 16.0 Å². The van der Waals surface area contributed by atoms with Crippen molar-refractivity contribution < 1.29 is 4.79 Å². The summed E-state index contributed by atoms with van der Waals surface area (Å²) in [6, 6.07) is 17.9. The number of hydrogen-bond donors (Lipinski definition) is 3. The molecule has 0 aliphatic heterocycles. The number of pyridine rings is 2. The minimum atomic E-state index is -0.328. The van der Waals surface area contributed by atoms with Crippen LogP contribution >= 0.6 is 0 Å². The maximum Gasteiger partial charge on any atom is 0.323 e. The normalized spacial score (nSPS) is 9.81. The van der Waals surface area contributed by atoms with Gasteiger partial charge in [-0.05, 0) is 36.4 Å². The van der Waals surface area contributed by atoms with Crippen LogP contribution < -0.4 is 16.0 Å². The fourth-order valence-corrected chi connectivity index (χ4v) is 2.16. The third-order valence-electron chi connectivity index (χ3n) is 3.46. The number of para-hydroxylation sites is 1. The van der Waals surface area contributed by atoms with Crippen LogP contribution in [0.15, 0.2) is 67.0 Å². The first-order valence-electron chi connectivity index (χ1n) is 7.91. The number of urea groups is 1. The molecule has 2 heterocycles. The van der Waals surface area contributed by atoms with Crippen LogP contribution in [0.3, 0.4) is 0 Å². The smallest absolute Gasteiger partial charge is 0.323 e. The molecule has 0 saturated carbocycles. The van der Waals surface area contributed by atoms with E-state index >= 15 is 0 Å². The number of nitrogens with zero attached hydrogens (tertiary/aromatic N) is 3. The molecular formula is C19H16N6O. The molecule has 2 aromatic heterocycles. The van der Waals surface area contributed by atoms with Crippen LogP contribution in [0.4, 0.5) is 22.0 Å². The standard InChI is InChI=1S/C19H16N6O/c20-10-14-6-9-18(22-11-14)23-12-16-7-8-17(13-21-16)25-19(26)24-15-4-2-1-3-5-15/h1-9,11,13H,12H2,(H,22,23)(H2,24,25,26). The lowest BCUT2D eigenvalue weighted by molar-refractivity contribution is 0.262. The van der Waals surface area contributed by atoms with E-state index in [0.29, 0.717) is 29.3 Å². The first kappa shape index (κ1) is 16.9. The molecular weight excluding hydrogens is 328 g/mol. The maximum absolute atomic E-state index is 11.9. The van der Waals surface area contributed by atoms with E-state index in [1.165, 1.54) is 6.20 Å². The zero-order chi connectivity index (χ0) is 18.2. The molecule has 0 atom stereocenters. The summed E-state index contributed by atoms with van der Waals surface area (Å²) in [7, 11) is 0. The van der Waals surface area contributed by atoms with Crippen molar-refractivity contribution >= 4 is 23.2 Å². The van der Waals surface area contributed by atoms with Gasteiger partial charge in [0.15, 0.2) is 0 Å². The highest BCUT2D eigenvalue weighted by molar-refractivity contribution is 5.99. The summed E-state index contributed by atoms with van der Waals surface area (Å²) in [5.74, 6) is 0.662. The molecule has 0 aliphatic carbocycles. The molecule has 128 valence electrons. The van der Waals surface area contributed by atoms with Gasteiger partial charge in [0.1, 0.15) is 11.9 Å². The quantitative estimate of drug-likeness (QED) is 0.656. The summed E-state index contributed by atoms with van der Waals surface area (Å²) in [4.78, 5) is 20.4. The first-order valence-corrected chi connectivity index (χ1v) is 7.91. The lowest BCUT2D eigenvalue weighted by Gasteiger charge is -2.08. The minimum absolute atomic E-state index is 0.328. The Balaban J connectivity index is 1.51. The maximum atomic E-state index is 11.9. The van der Waals surface area contributed by atoms with E-state index in [4.69, 9.17) is 5.26 Å². The van der Waals surface area contributed by atoms with Crippen molar-refractivity contribution in [3.05, 3.63) is 78.2 Å². The highest BCUT2D eigenvalue weighted by Crippen LogP contribution is 2.11. The van der Waals surface area contributed by atoms with Crippen molar-refractivity contribution in [2.45, 2.75) is 6.54 Å². The highest BCUT2D eigenvalue weighted by atomic mass is 16.2. The Morgan fingerprint density at radius 1 is 0.923 bits per heavy atom. The highest BCUT2D eigenvalue weighted by Gasteiger charge is 2.03. The van der Waals surface area contributed by atoms with Gasteiger partial charge in [-0.15, -0.1) is 0 Å². The molecule has 0 radical (unpaired) electrons. The zero-order valence-corrected chi connectivity index (χ0v) is 13.8. The third-order valence-corrected chi connectivity index (χ3v) is 3.46. The number of benzene rings is 1. The average Bonchev–Trinajstić information content (AvgIpc) is 2.68. The van der Waals surface area contributed by atoms with E-state index in [0.717, 1.165) is 5.69 Å². The molecule has 0 fully saturated rings. The van der Waals surface area contributed by atoms with E-state index in [-0.39, 0.29) is 6.03 Å². The minimum Gasteiger partial charge on any atom is -0.364 e. The lowest BCUT2D eigenvalue weighted by Crippen LogP contribution is -2.19. The molecule has 0 aliphatic rings. The van der Waals surface area contributed by atoms with Crippen molar-refractivity contribution in [2.24, 2.45) is 0 Å². The van der Waals surface area contributed by atoms with Gasteiger partial charge in [-0.1, -0.05) is 18.2 Å². The Hall–Kier alpha value is -3.92. The van der Waals surface area contributed by atoms with Crippen molar-refractivity contribution in [2.75, 3.05) is 16.0 Å². The number of carbonyl (C=O) groups excluding carboxylic acids is 1. The third kappa shape index (κ3) is 4.79. The number of anilines is 3. The van der Waals surface area contributed by atoms with E-state index in [1.807, 2.05) is 42.5 Å². The molecule has 0 unspecified atom stereocenters. The summed E-state index contributed by atoms with van der Waals surface area (Å²) >= 11 is 0. The van der Waals surface area contributed by atoms with Crippen molar-refractivity contribution in [3.8, 4) is 6.07 Å². The van der Waals surface area contributed by atoms with Crippen LogP contribution in [-0.4, -0.2) is 16.0 Å². The van der Waals surface area contributed by atoms with Crippen LogP contribution in [0.2, 0.25) is 0 Å². The monoisotopic (exact) mass is 344 g/mol. The van der Waals surface area contributed by atoms with Crippen LogP contribution in [0.5, 0.6) is 0 Å². The Bertz CT molecular complexity index is 902.